The second-order valence-corrected chi connectivity index (χ2v) is 20.4. The first kappa shape index (κ1) is 51.4. The summed E-state index contributed by atoms with van der Waals surface area (Å²) in [5.74, 6) is -1.38. The van der Waals surface area contributed by atoms with Gasteiger partial charge in [-0.05, 0) is 176 Å². The molecule has 2 aliphatic carbocycles. The van der Waals surface area contributed by atoms with Gasteiger partial charge in [0.25, 0.3) is 0 Å². The van der Waals surface area contributed by atoms with Crippen LogP contribution in [0.5, 0.6) is 0 Å². The van der Waals surface area contributed by atoms with Crippen molar-refractivity contribution in [2.45, 2.75) is 112 Å². The second kappa shape index (κ2) is 22.6. The minimum Gasteiger partial charge on any atom is -0.462 e. The number of esters is 3. The highest BCUT2D eigenvalue weighted by Crippen LogP contribution is 2.42. The quantitative estimate of drug-likeness (QED) is 0.0254. The van der Waals surface area contributed by atoms with Crippen LogP contribution in [0.3, 0.4) is 0 Å². The number of fused-ring (bicyclic) bond motifs is 1. The molecule has 4 atom stereocenters. The molecule has 6 aromatic carbocycles. The van der Waals surface area contributed by atoms with Crippen LogP contribution in [0.15, 0.2) is 121 Å². The van der Waals surface area contributed by atoms with Gasteiger partial charge in [-0.15, -0.1) is 0 Å². The topological polar surface area (TPSA) is 97.4 Å². The molecule has 6 aromatic rings. The summed E-state index contributed by atoms with van der Waals surface area (Å²) in [4.78, 5) is 43.8. The predicted octanol–water partition coefficient (Wildman–Crippen LogP) is 14.0. The van der Waals surface area contributed by atoms with Crippen molar-refractivity contribution in [2.75, 3.05) is 42.4 Å². The van der Waals surface area contributed by atoms with Crippen molar-refractivity contribution >= 4 is 57.1 Å². The van der Waals surface area contributed by atoms with Gasteiger partial charge < -0.3 is 29.3 Å². The van der Waals surface area contributed by atoms with Crippen molar-refractivity contribution < 1.29 is 28.6 Å². The smallest absolute Gasteiger partial charge is 0.333 e. The van der Waals surface area contributed by atoms with Gasteiger partial charge in [-0.2, -0.15) is 0 Å². The van der Waals surface area contributed by atoms with Crippen molar-refractivity contribution in [1.82, 2.24) is 0 Å². The molecule has 9 nitrogen and oxygen atoms in total. The maximum Gasteiger partial charge on any atom is 0.333 e. The summed E-state index contributed by atoms with van der Waals surface area (Å²) in [6, 6.07) is 39.8. The van der Waals surface area contributed by atoms with Crippen molar-refractivity contribution in [2.24, 2.45) is 11.8 Å². The van der Waals surface area contributed by atoms with Crippen LogP contribution in [-0.4, -0.2) is 57.4 Å². The molecule has 0 aliphatic heterocycles. The monoisotopic (exact) mass is 967 g/mol. The van der Waals surface area contributed by atoms with Crippen LogP contribution in [0.2, 0.25) is 0 Å². The SMILES string of the molecule is C=C(C)C(=O)OCCOC(=O)C1CCCCC1C(=O)OC1CCCCC1Nc1ccc([C+](c2ccc(N(C)c3c(C)cc(C)cc3C)cc2)c2ccc(N(C)c3c(C)cc(C)cc3C)cc2)c2ccccc12. The molecule has 0 spiro atoms. The van der Waals surface area contributed by atoms with Gasteiger partial charge in [0.15, 0.2) is 0 Å². The highest BCUT2D eigenvalue weighted by Gasteiger charge is 2.40. The lowest BCUT2D eigenvalue weighted by atomic mass is 9.79. The molecule has 0 heterocycles. The number of hydrogen-bond acceptors (Lipinski definition) is 9. The first-order valence-corrected chi connectivity index (χ1v) is 25.8. The molecule has 2 saturated carbocycles. The largest absolute Gasteiger partial charge is 0.462 e. The van der Waals surface area contributed by atoms with E-state index in [9.17, 15) is 14.4 Å². The Kier molecular flexibility index (Phi) is 16.1. The third-order valence-electron chi connectivity index (χ3n) is 14.8. The van der Waals surface area contributed by atoms with Gasteiger partial charge in [-0.25, -0.2) is 4.79 Å². The van der Waals surface area contributed by atoms with Crippen LogP contribution in [0.1, 0.15) is 108 Å². The summed E-state index contributed by atoms with van der Waals surface area (Å²) in [5.41, 5.74) is 16.8. The molecule has 8 rings (SSSR count). The standard InChI is InChI=1S/C63H72N3O6/c1-39(2)61(67)70-33-34-71-62(68)53-19-13-14-20-54(53)63(69)72-57-22-16-15-21-56(57)64-55-32-31-52(50-17-11-12-18-51(50)55)58(46-23-27-48(28-24-46)65(9)59-42(5)35-40(3)36-43(59)6)47-25-29-49(30-26-47)66(10)60-44(7)37-41(4)38-45(60)8/h11-12,17-18,23-32,35-38,53-54,56-57,64H,1,13-16,19-22,33-34H2,2-10H3/q+1. The number of hydrogen-bond donors (Lipinski definition) is 1. The molecule has 72 heavy (non-hydrogen) atoms. The summed E-state index contributed by atoms with van der Waals surface area (Å²) in [6.07, 6.45) is 5.96. The van der Waals surface area contributed by atoms with Crippen molar-refractivity contribution in [3.63, 3.8) is 0 Å². The molecule has 2 fully saturated rings. The lowest BCUT2D eigenvalue weighted by Crippen LogP contribution is -2.43. The van der Waals surface area contributed by atoms with Crippen LogP contribution < -0.4 is 15.1 Å². The third-order valence-corrected chi connectivity index (χ3v) is 14.8. The molecular weight excluding hydrogens is 895 g/mol. The summed E-state index contributed by atoms with van der Waals surface area (Å²) >= 11 is 0. The molecule has 374 valence electrons. The number of rotatable bonds is 16. The fourth-order valence-electron chi connectivity index (χ4n) is 11.5. The van der Waals surface area contributed by atoms with Gasteiger partial charge in [-0.1, -0.05) is 73.4 Å². The number of aryl methyl sites for hydroxylation is 6. The van der Waals surface area contributed by atoms with E-state index in [0.29, 0.717) is 12.8 Å². The first-order valence-electron chi connectivity index (χ1n) is 25.8. The summed E-state index contributed by atoms with van der Waals surface area (Å²) in [5, 5.41) is 6.06. The first-order chi connectivity index (χ1) is 34.6. The summed E-state index contributed by atoms with van der Waals surface area (Å²) in [6.45, 7) is 18.0. The van der Waals surface area contributed by atoms with Crippen LogP contribution in [-0.2, 0) is 28.6 Å². The zero-order chi connectivity index (χ0) is 51.2. The zero-order valence-corrected chi connectivity index (χ0v) is 43.8. The predicted molar refractivity (Wildman–Crippen MR) is 293 cm³/mol. The molecule has 0 radical (unpaired) electrons. The Bertz CT molecular complexity index is 2790. The fourth-order valence-corrected chi connectivity index (χ4v) is 11.5. The maximum absolute atomic E-state index is 14.1. The number of anilines is 5. The molecule has 0 saturated heterocycles. The van der Waals surface area contributed by atoms with Crippen molar-refractivity contribution in [1.29, 1.82) is 0 Å². The molecule has 0 amide bonds. The van der Waals surface area contributed by atoms with Crippen LogP contribution >= 0.6 is 0 Å². The number of ether oxygens (including phenoxy) is 3. The highest BCUT2D eigenvalue weighted by atomic mass is 16.6. The Morgan fingerprint density at radius 3 is 1.60 bits per heavy atom. The van der Waals surface area contributed by atoms with Gasteiger partial charge in [0.05, 0.1) is 57.5 Å². The van der Waals surface area contributed by atoms with Crippen LogP contribution in [0.4, 0.5) is 28.4 Å². The third kappa shape index (κ3) is 11.4. The number of carbonyl (C=O) groups excluding carboxylic acids is 3. The molecule has 2 aliphatic rings. The van der Waals surface area contributed by atoms with E-state index in [4.69, 9.17) is 14.2 Å². The Morgan fingerprint density at radius 2 is 1.07 bits per heavy atom. The lowest BCUT2D eigenvalue weighted by Gasteiger charge is -2.35. The summed E-state index contributed by atoms with van der Waals surface area (Å²) < 4.78 is 17.0. The van der Waals surface area contributed by atoms with E-state index in [1.165, 1.54) is 44.8 Å². The zero-order valence-electron chi connectivity index (χ0n) is 43.8. The van der Waals surface area contributed by atoms with Gasteiger partial charge in [0, 0.05) is 41.8 Å². The minimum absolute atomic E-state index is 0.0669. The van der Waals surface area contributed by atoms with E-state index in [0.717, 1.165) is 89.0 Å². The average molecular weight is 967 g/mol. The van der Waals surface area contributed by atoms with E-state index in [1.807, 2.05) is 0 Å². The number of nitrogens with zero attached hydrogens (tertiary/aromatic N) is 2. The normalized spacial score (nSPS) is 17.7. The average Bonchev–Trinajstić information content (AvgIpc) is 3.36. The Morgan fingerprint density at radius 1 is 0.597 bits per heavy atom. The highest BCUT2D eigenvalue weighted by molar-refractivity contribution is 5.98. The molecule has 0 aromatic heterocycles. The molecule has 9 heteroatoms. The second-order valence-electron chi connectivity index (χ2n) is 20.4. The Balaban J connectivity index is 1.08. The van der Waals surface area contributed by atoms with Crippen LogP contribution in [0.25, 0.3) is 10.8 Å². The number of carbonyl (C=O) groups is 3. The van der Waals surface area contributed by atoms with Gasteiger partial charge in [0.1, 0.15) is 19.3 Å². The van der Waals surface area contributed by atoms with Crippen molar-refractivity contribution in [3.8, 4) is 0 Å². The summed E-state index contributed by atoms with van der Waals surface area (Å²) in [7, 11) is 4.29. The van der Waals surface area contributed by atoms with E-state index in [1.54, 1.807) is 6.92 Å². The van der Waals surface area contributed by atoms with Crippen molar-refractivity contribution in [3.05, 3.63) is 177 Å². The van der Waals surface area contributed by atoms with E-state index in [-0.39, 0.29) is 36.9 Å². The number of nitrogens with one attached hydrogen (secondary N) is 1. The lowest BCUT2D eigenvalue weighted by molar-refractivity contribution is -0.168. The molecule has 1 N–H and O–H groups in total. The molecule has 4 unspecified atom stereocenters. The Hall–Kier alpha value is -7.00. The minimum atomic E-state index is -0.600. The fraction of sp³-hybridized carbons (Fsp3) is 0.365. The van der Waals surface area contributed by atoms with Gasteiger partial charge in [-0.3, -0.25) is 9.59 Å². The van der Waals surface area contributed by atoms with E-state index < -0.39 is 23.8 Å². The Labute approximate surface area is 427 Å². The van der Waals surface area contributed by atoms with E-state index >= 15 is 0 Å². The number of benzene rings is 6. The molecule has 0 bridgehead atoms. The van der Waals surface area contributed by atoms with Gasteiger partial charge >= 0.3 is 17.9 Å². The van der Waals surface area contributed by atoms with Gasteiger partial charge in [0.2, 0.25) is 0 Å². The molecular formula is C63H72N3O6+. The van der Waals surface area contributed by atoms with Crippen LogP contribution in [0, 0.1) is 59.3 Å². The van der Waals surface area contributed by atoms with E-state index in [2.05, 4.69) is 187 Å². The maximum atomic E-state index is 14.1.